The molecule has 2 N–H and O–H groups in total. The van der Waals surface area contributed by atoms with Crippen LogP contribution in [0.3, 0.4) is 0 Å². The summed E-state index contributed by atoms with van der Waals surface area (Å²) in [6.07, 6.45) is 6.48. The number of benzene rings is 2. The zero-order chi connectivity index (χ0) is 29.4. The molecule has 5 heterocycles. The summed E-state index contributed by atoms with van der Waals surface area (Å²) >= 11 is 0. The number of pyridine rings is 2. The zero-order valence-corrected chi connectivity index (χ0v) is 24.2. The average molecular weight is 570 g/mol. The van der Waals surface area contributed by atoms with E-state index in [1.54, 1.807) is 6.20 Å². The number of hydrogen-bond donors (Lipinski definition) is 1. The third-order valence-corrected chi connectivity index (χ3v) is 9.10. The van der Waals surface area contributed by atoms with Crippen molar-refractivity contribution in [2.75, 3.05) is 31.9 Å². The highest BCUT2D eigenvalue weighted by Gasteiger charge is 2.41. The van der Waals surface area contributed by atoms with E-state index in [1.807, 2.05) is 47.4 Å². The lowest BCUT2D eigenvalue weighted by Crippen LogP contribution is -2.41. The average Bonchev–Trinajstić information content (AvgIpc) is 3.64. The van der Waals surface area contributed by atoms with Gasteiger partial charge in [0, 0.05) is 37.1 Å². The smallest absolute Gasteiger partial charge is 0.245 e. The molecule has 0 atom stereocenters. The maximum Gasteiger partial charge on any atom is 0.245 e. The topological polar surface area (TPSA) is 93.2 Å². The number of nitrogens with zero attached hydrogens (tertiary/aromatic N) is 6. The Hall–Kier alpha value is -4.82. The molecule has 43 heavy (non-hydrogen) atoms. The third kappa shape index (κ3) is 5.19. The number of imidazole rings is 1. The molecule has 8 heteroatoms. The molecule has 0 unspecified atom stereocenters. The summed E-state index contributed by atoms with van der Waals surface area (Å²) in [6.45, 7) is 8.36. The van der Waals surface area contributed by atoms with Crippen LogP contribution in [-0.4, -0.2) is 61.4 Å². The molecule has 216 valence electrons. The molecule has 1 amide bonds. The molecule has 2 aliphatic rings. The van der Waals surface area contributed by atoms with Crippen LogP contribution in [0.5, 0.6) is 0 Å². The van der Waals surface area contributed by atoms with Crippen molar-refractivity contribution >= 4 is 22.9 Å². The molecule has 0 bridgehead atoms. The quantitative estimate of drug-likeness (QED) is 0.263. The van der Waals surface area contributed by atoms with Gasteiger partial charge in [-0.05, 0) is 85.8 Å². The van der Waals surface area contributed by atoms with E-state index in [-0.39, 0.29) is 11.3 Å². The van der Waals surface area contributed by atoms with E-state index in [4.69, 9.17) is 15.7 Å². The Morgan fingerprint density at radius 1 is 0.907 bits per heavy atom. The highest BCUT2D eigenvalue weighted by molar-refractivity contribution is 5.87. The zero-order valence-electron chi connectivity index (χ0n) is 24.2. The van der Waals surface area contributed by atoms with Crippen LogP contribution in [0.15, 0.2) is 97.7 Å². The van der Waals surface area contributed by atoms with Crippen LogP contribution in [-0.2, 0) is 11.3 Å². The first-order valence-electron chi connectivity index (χ1n) is 14.9. The summed E-state index contributed by atoms with van der Waals surface area (Å²) in [4.78, 5) is 31.0. The van der Waals surface area contributed by atoms with Crippen molar-refractivity contribution in [3.8, 4) is 28.3 Å². The van der Waals surface area contributed by atoms with Gasteiger partial charge < -0.3 is 10.6 Å². The second-order valence-corrected chi connectivity index (χ2v) is 11.8. The summed E-state index contributed by atoms with van der Waals surface area (Å²) in [5.74, 6) is 1.21. The van der Waals surface area contributed by atoms with Crippen molar-refractivity contribution in [3.63, 3.8) is 0 Å². The maximum atomic E-state index is 12.1. The van der Waals surface area contributed by atoms with Crippen LogP contribution in [0.4, 0.5) is 5.82 Å². The Labute approximate surface area is 251 Å². The minimum atomic E-state index is 0.0610. The Morgan fingerprint density at radius 2 is 1.67 bits per heavy atom. The number of likely N-dealkylation sites (tertiary alicyclic amines) is 2. The summed E-state index contributed by atoms with van der Waals surface area (Å²) in [5.41, 5.74) is 13.1. The van der Waals surface area contributed by atoms with Crippen LogP contribution >= 0.6 is 0 Å². The van der Waals surface area contributed by atoms with E-state index >= 15 is 0 Å². The van der Waals surface area contributed by atoms with Gasteiger partial charge in [0.15, 0.2) is 11.5 Å². The molecule has 2 aliphatic heterocycles. The lowest BCUT2D eigenvalue weighted by atomic mass is 9.77. The SMILES string of the molecule is C=CC(=O)N1CCC2(CCN(Cc3ccc(-n4c(-c5cccnc5N)nc5ccc(-c6ccccc6)nc54)cc3)CC2)C1. The Balaban J connectivity index is 1.16. The first-order valence-corrected chi connectivity index (χ1v) is 14.9. The molecule has 2 aromatic carbocycles. The van der Waals surface area contributed by atoms with E-state index in [1.165, 1.54) is 11.6 Å². The summed E-state index contributed by atoms with van der Waals surface area (Å²) < 4.78 is 2.08. The minimum absolute atomic E-state index is 0.0610. The van der Waals surface area contributed by atoms with Crippen molar-refractivity contribution < 1.29 is 4.79 Å². The number of fused-ring (bicyclic) bond motifs is 1. The van der Waals surface area contributed by atoms with E-state index in [9.17, 15) is 4.79 Å². The second-order valence-electron chi connectivity index (χ2n) is 11.8. The van der Waals surface area contributed by atoms with Gasteiger partial charge in [-0.25, -0.2) is 15.0 Å². The second kappa shape index (κ2) is 11.1. The van der Waals surface area contributed by atoms with Gasteiger partial charge in [-0.3, -0.25) is 14.3 Å². The van der Waals surface area contributed by atoms with Crippen molar-refractivity contribution in [1.29, 1.82) is 0 Å². The van der Waals surface area contributed by atoms with Gasteiger partial charge in [-0.2, -0.15) is 0 Å². The van der Waals surface area contributed by atoms with Crippen LogP contribution in [0.2, 0.25) is 0 Å². The number of aromatic nitrogens is 4. The Kier molecular flexibility index (Phi) is 6.99. The van der Waals surface area contributed by atoms with E-state index < -0.39 is 0 Å². The summed E-state index contributed by atoms with van der Waals surface area (Å²) in [5, 5.41) is 0. The number of carbonyl (C=O) groups is 1. The normalized spacial score (nSPS) is 16.6. The van der Waals surface area contributed by atoms with Crippen molar-refractivity contribution in [3.05, 3.63) is 103 Å². The molecule has 0 radical (unpaired) electrons. The molecule has 2 fully saturated rings. The number of anilines is 1. The van der Waals surface area contributed by atoms with E-state index in [0.717, 1.165) is 85.7 Å². The highest BCUT2D eigenvalue weighted by Crippen LogP contribution is 2.41. The molecule has 5 aromatic rings. The molecule has 0 aliphatic carbocycles. The number of rotatable bonds is 6. The fourth-order valence-electron chi connectivity index (χ4n) is 6.61. The fraction of sp³-hybridized carbons (Fsp3) is 0.257. The first-order chi connectivity index (χ1) is 21.0. The number of hydrogen-bond acceptors (Lipinski definition) is 6. The predicted molar refractivity (Wildman–Crippen MR) is 170 cm³/mol. The highest BCUT2D eigenvalue weighted by atomic mass is 16.2. The molecule has 7 rings (SSSR count). The van der Waals surface area contributed by atoms with Crippen LogP contribution in [0.25, 0.3) is 39.5 Å². The van der Waals surface area contributed by atoms with Crippen molar-refractivity contribution in [2.45, 2.75) is 25.8 Å². The van der Waals surface area contributed by atoms with Crippen LogP contribution < -0.4 is 5.73 Å². The van der Waals surface area contributed by atoms with Gasteiger partial charge in [-0.1, -0.05) is 49.0 Å². The van der Waals surface area contributed by atoms with Crippen LogP contribution in [0, 0.1) is 5.41 Å². The molecule has 0 saturated carbocycles. The number of nitrogen functional groups attached to an aromatic ring is 1. The molecule has 3 aromatic heterocycles. The monoisotopic (exact) mass is 569 g/mol. The lowest BCUT2D eigenvalue weighted by Gasteiger charge is -2.39. The van der Waals surface area contributed by atoms with Crippen molar-refractivity contribution in [1.82, 2.24) is 29.3 Å². The molecular formula is C35H35N7O. The van der Waals surface area contributed by atoms with Gasteiger partial charge in [0.05, 0.1) is 11.3 Å². The Bertz CT molecular complexity index is 1790. The van der Waals surface area contributed by atoms with E-state index in [0.29, 0.717) is 11.6 Å². The summed E-state index contributed by atoms with van der Waals surface area (Å²) in [6, 6.07) is 26.7. The number of nitrogens with two attached hydrogens (primary N) is 1. The molecule has 8 nitrogen and oxygen atoms in total. The third-order valence-electron chi connectivity index (χ3n) is 9.10. The van der Waals surface area contributed by atoms with Crippen LogP contribution in [0.1, 0.15) is 24.8 Å². The maximum absolute atomic E-state index is 12.1. The van der Waals surface area contributed by atoms with Gasteiger partial charge >= 0.3 is 0 Å². The largest absolute Gasteiger partial charge is 0.383 e. The Morgan fingerprint density at radius 3 is 2.42 bits per heavy atom. The molecular weight excluding hydrogens is 534 g/mol. The molecule has 1 spiro atoms. The first kappa shape index (κ1) is 27.0. The van der Waals surface area contributed by atoms with Crippen molar-refractivity contribution in [2.24, 2.45) is 5.41 Å². The fourth-order valence-corrected chi connectivity index (χ4v) is 6.61. The lowest BCUT2D eigenvalue weighted by molar-refractivity contribution is -0.125. The molecule has 2 saturated heterocycles. The number of carbonyl (C=O) groups excluding carboxylic acids is 1. The number of piperidine rings is 1. The number of amides is 1. The van der Waals surface area contributed by atoms with Gasteiger partial charge in [0.25, 0.3) is 0 Å². The van der Waals surface area contributed by atoms with Gasteiger partial charge in [0.2, 0.25) is 5.91 Å². The predicted octanol–water partition coefficient (Wildman–Crippen LogP) is 5.73. The summed E-state index contributed by atoms with van der Waals surface area (Å²) in [7, 11) is 0. The van der Waals surface area contributed by atoms with Gasteiger partial charge in [-0.15, -0.1) is 0 Å². The standard InChI is InChI=1S/C35H35N7O/c1-2-31(43)41-22-18-35(24-41)16-20-40(21-17-35)23-25-10-12-27(13-11-25)42-33(28-9-6-19-37-32(28)36)39-30-15-14-29(38-34(30)42)26-7-4-3-5-8-26/h2-15,19H,1,16-18,20-24H2,(H2,36,37). The van der Waals surface area contributed by atoms with Gasteiger partial charge in [0.1, 0.15) is 11.3 Å². The minimum Gasteiger partial charge on any atom is -0.383 e. The van der Waals surface area contributed by atoms with E-state index in [2.05, 4.69) is 57.4 Å².